The lowest BCUT2D eigenvalue weighted by Gasteiger charge is -2.09. The summed E-state index contributed by atoms with van der Waals surface area (Å²) in [5.74, 6) is 0.885. The smallest absolute Gasteiger partial charge is 0.333 e. The van der Waals surface area contributed by atoms with E-state index in [-0.39, 0.29) is 5.69 Å². The van der Waals surface area contributed by atoms with Gasteiger partial charge < -0.3 is 10.6 Å². The summed E-state index contributed by atoms with van der Waals surface area (Å²) in [6, 6.07) is 1.59. The second-order valence-electron chi connectivity index (χ2n) is 4.72. The van der Waals surface area contributed by atoms with E-state index in [0.717, 1.165) is 0 Å². The van der Waals surface area contributed by atoms with E-state index in [1.165, 1.54) is 10.9 Å². The summed E-state index contributed by atoms with van der Waals surface area (Å²) in [4.78, 5) is 14.9. The average Bonchev–Trinajstić information content (AvgIpc) is 2.81. The first-order valence-electron chi connectivity index (χ1n) is 6.93. The van der Waals surface area contributed by atoms with Gasteiger partial charge in [0.05, 0.1) is 15.0 Å². The van der Waals surface area contributed by atoms with Crippen molar-refractivity contribution in [2.24, 2.45) is 7.05 Å². The molecule has 2 aromatic heterocycles. The normalized spacial score (nSPS) is 10.6. The standard InChI is InChI=1S/C13H16Cl2N6O2/c1-3-10-11(21(22)23)13(20(2)19-10)17-5-4-16-12-9(15)6-8(14)7-18-12/h6-7,17H,3-5H2,1-2H3,(H,16,18). The van der Waals surface area contributed by atoms with Gasteiger partial charge in [0.25, 0.3) is 0 Å². The largest absolute Gasteiger partial charge is 0.367 e. The van der Waals surface area contributed by atoms with E-state index in [2.05, 4.69) is 20.7 Å². The number of aryl methyl sites for hydroxylation is 2. The molecule has 0 radical (unpaired) electrons. The maximum Gasteiger partial charge on any atom is 0.333 e. The molecule has 2 rings (SSSR count). The molecule has 0 saturated heterocycles. The van der Waals surface area contributed by atoms with Gasteiger partial charge in [-0.3, -0.25) is 10.1 Å². The summed E-state index contributed by atoms with van der Waals surface area (Å²) in [5, 5.41) is 22.3. The highest BCUT2D eigenvalue weighted by atomic mass is 35.5. The van der Waals surface area contributed by atoms with Crippen LogP contribution in [0.2, 0.25) is 10.0 Å². The number of halogens is 2. The van der Waals surface area contributed by atoms with Gasteiger partial charge in [0.1, 0.15) is 11.5 Å². The molecule has 0 bridgehead atoms. The van der Waals surface area contributed by atoms with E-state index in [1.54, 1.807) is 13.1 Å². The van der Waals surface area contributed by atoms with Crippen LogP contribution in [0, 0.1) is 10.1 Å². The van der Waals surface area contributed by atoms with Crippen LogP contribution in [0.5, 0.6) is 0 Å². The molecule has 0 aliphatic rings. The van der Waals surface area contributed by atoms with Gasteiger partial charge in [0, 0.05) is 26.3 Å². The third kappa shape index (κ3) is 4.02. The number of rotatable bonds is 7. The van der Waals surface area contributed by atoms with Gasteiger partial charge in [0.15, 0.2) is 0 Å². The van der Waals surface area contributed by atoms with Crippen LogP contribution < -0.4 is 10.6 Å². The van der Waals surface area contributed by atoms with E-state index >= 15 is 0 Å². The highest BCUT2D eigenvalue weighted by molar-refractivity contribution is 6.35. The van der Waals surface area contributed by atoms with Crippen LogP contribution in [0.1, 0.15) is 12.6 Å². The molecule has 0 spiro atoms. The van der Waals surface area contributed by atoms with Crippen molar-refractivity contribution in [2.45, 2.75) is 13.3 Å². The fourth-order valence-electron chi connectivity index (χ4n) is 2.10. The highest BCUT2D eigenvalue weighted by Crippen LogP contribution is 2.28. The van der Waals surface area contributed by atoms with Gasteiger partial charge in [-0.25, -0.2) is 9.67 Å². The quantitative estimate of drug-likeness (QED) is 0.448. The lowest BCUT2D eigenvalue weighted by molar-refractivity contribution is -0.384. The fraction of sp³-hybridized carbons (Fsp3) is 0.385. The summed E-state index contributed by atoms with van der Waals surface area (Å²) in [7, 11) is 1.67. The molecule has 2 N–H and O–H groups in total. The molecule has 0 aromatic carbocycles. The Morgan fingerprint density at radius 1 is 1.35 bits per heavy atom. The van der Waals surface area contributed by atoms with Crippen LogP contribution in [0.15, 0.2) is 12.3 Å². The predicted octanol–water partition coefficient (Wildman–Crippen LogP) is 3.12. The van der Waals surface area contributed by atoms with Crippen LogP contribution in [-0.4, -0.2) is 32.8 Å². The monoisotopic (exact) mass is 358 g/mol. The molecule has 23 heavy (non-hydrogen) atoms. The molecule has 0 amide bonds. The topological polar surface area (TPSA) is 97.9 Å². The Labute approximate surface area is 142 Å². The zero-order valence-corrected chi connectivity index (χ0v) is 14.1. The van der Waals surface area contributed by atoms with Crippen LogP contribution in [0.4, 0.5) is 17.3 Å². The lowest BCUT2D eigenvalue weighted by Crippen LogP contribution is -2.16. The molecular formula is C13H16Cl2N6O2. The lowest BCUT2D eigenvalue weighted by atomic mass is 10.3. The molecule has 8 nitrogen and oxygen atoms in total. The zero-order valence-electron chi connectivity index (χ0n) is 12.6. The molecule has 0 unspecified atom stereocenters. The molecular weight excluding hydrogens is 343 g/mol. The van der Waals surface area contributed by atoms with Gasteiger partial charge in [-0.15, -0.1) is 0 Å². The van der Waals surface area contributed by atoms with Gasteiger partial charge in [0.2, 0.25) is 5.82 Å². The number of hydrogen-bond acceptors (Lipinski definition) is 6. The zero-order chi connectivity index (χ0) is 17.0. The number of nitrogens with zero attached hydrogens (tertiary/aromatic N) is 4. The SMILES string of the molecule is CCc1nn(C)c(NCCNc2ncc(Cl)cc2Cl)c1[N+](=O)[O-]. The summed E-state index contributed by atoms with van der Waals surface area (Å²) in [6.45, 7) is 2.73. The van der Waals surface area contributed by atoms with Gasteiger partial charge >= 0.3 is 5.69 Å². The number of pyridine rings is 1. The van der Waals surface area contributed by atoms with E-state index in [9.17, 15) is 10.1 Å². The van der Waals surface area contributed by atoms with Gasteiger partial charge in [-0.1, -0.05) is 30.1 Å². The number of hydrogen-bond donors (Lipinski definition) is 2. The summed E-state index contributed by atoms with van der Waals surface area (Å²) < 4.78 is 1.48. The minimum absolute atomic E-state index is 0.0117. The van der Waals surface area contributed by atoms with Crippen molar-refractivity contribution >= 4 is 40.5 Å². The Bertz CT molecular complexity index is 719. The number of aromatic nitrogens is 3. The first-order valence-corrected chi connectivity index (χ1v) is 7.68. The molecule has 0 fully saturated rings. The van der Waals surface area contributed by atoms with Crippen LogP contribution in [0.25, 0.3) is 0 Å². The first kappa shape index (κ1) is 17.3. The van der Waals surface area contributed by atoms with Crippen LogP contribution >= 0.6 is 23.2 Å². The average molecular weight is 359 g/mol. The number of nitrogens with one attached hydrogen (secondary N) is 2. The van der Waals surface area contributed by atoms with E-state index in [0.29, 0.717) is 46.9 Å². The van der Waals surface area contributed by atoms with E-state index < -0.39 is 4.92 Å². The molecule has 124 valence electrons. The molecule has 0 aliphatic carbocycles. The minimum atomic E-state index is -0.417. The molecule has 0 saturated carbocycles. The third-order valence-corrected chi connectivity index (χ3v) is 3.62. The van der Waals surface area contributed by atoms with Gasteiger partial charge in [-0.2, -0.15) is 5.10 Å². The first-order chi connectivity index (χ1) is 10.9. The van der Waals surface area contributed by atoms with E-state index in [4.69, 9.17) is 23.2 Å². The predicted molar refractivity (Wildman–Crippen MR) is 90.5 cm³/mol. The second kappa shape index (κ2) is 7.47. The maximum atomic E-state index is 11.2. The molecule has 0 aliphatic heterocycles. The second-order valence-corrected chi connectivity index (χ2v) is 5.56. The van der Waals surface area contributed by atoms with Crippen molar-refractivity contribution < 1.29 is 4.92 Å². The number of nitro groups is 1. The molecule has 2 aromatic rings. The number of anilines is 2. The minimum Gasteiger partial charge on any atom is -0.367 e. The summed E-state index contributed by atoms with van der Waals surface area (Å²) in [5.41, 5.74) is 0.466. The van der Waals surface area contributed by atoms with Crippen molar-refractivity contribution in [3.63, 3.8) is 0 Å². The van der Waals surface area contributed by atoms with Crippen molar-refractivity contribution in [3.05, 3.63) is 38.1 Å². The van der Waals surface area contributed by atoms with Crippen LogP contribution in [0.3, 0.4) is 0 Å². The van der Waals surface area contributed by atoms with Crippen molar-refractivity contribution in [1.82, 2.24) is 14.8 Å². The Morgan fingerprint density at radius 2 is 2.04 bits per heavy atom. The third-order valence-electron chi connectivity index (χ3n) is 3.13. The summed E-state index contributed by atoms with van der Waals surface area (Å²) in [6.07, 6.45) is 1.98. The highest BCUT2D eigenvalue weighted by Gasteiger charge is 2.25. The Balaban J connectivity index is 1.99. The van der Waals surface area contributed by atoms with Crippen molar-refractivity contribution in [1.29, 1.82) is 0 Å². The molecule has 2 heterocycles. The Morgan fingerprint density at radius 3 is 2.65 bits per heavy atom. The molecule has 0 atom stereocenters. The Hall–Kier alpha value is -2.06. The fourth-order valence-corrected chi connectivity index (χ4v) is 2.55. The summed E-state index contributed by atoms with van der Waals surface area (Å²) >= 11 is 11.8. The van der Waals surface area contributed by atoms with Crippen LogP contribution in [-0.2, 0) is 13.5 Å². The van der Waals surface area contributed by atoms with E-state index in [1.807, 2.05) is 6.92 Å². The maximum absolute atomic E-state index is 11.2. The molecule has 10 heteroatoms. The van der Waals surface area contributed by atoms with Gasteiger partial charge in [-0.05, 0) is 12.5 Å². The van der Waals surface area contributed by atoms with Crippen molar-refractivity contribution in [3.8, 4) is 0 Å². The Kier molecular flexibility index (Phi) is 5.62. The van der Waals surface area contributed by atoms with Crippen molar-refractivity contribution in [2.75, 3.05) is 23.7 Å².